The Kier molecular flexibility index (Phi) is 5.57. The summed E-state index contributed by atoms with van der Waals surface area (Å²) in [7, 11) is 0. The van der Waals surface area contributed by atoms with E-state index in [1.165, 1.54) is 0 Å². The summed E-state index contributed by atoms with van der Waals surface area (Å²) in [6, 6.07) is 9.02. The molecule has 0 aliphatic rings. The number of nitrogens with zero attached hydrogens (tertiary/aromatic N) is 1. The summed E-state index contributed by atoms with van der Waals surface area (Å²) in [6.45, 7) is 6.13. The Morgan fingerprint density at radius 1 is 1.40 bits per heavy atom. The van der Waals surface area contributed by atoms with Crippen molar-refractivity contribution in [3.05, 3.63) is 29.8 Å². The fraction of sp³-hybridized carbons (Fsp3) is 0.500. The lowest BCUT2D eigenvalue weighted by Crippen LogP contribution is -2.22. The van der Waals surface area contributed by atoms with Gasteiger partial charge in [-0.2, -0.15) is 5.26 Å². The van der Waals surface area contributed by atoms with Gasteiger partial charge in [0.2, 0.25) is 0 Å². The summed E-state index contributed by atoms with van der Waals surface area (Å²) < 4.78 is 4.89. The van der Waals surface area contributed by atoms with Crippen LogP contribution in [0.5, 0.6) is 5.75 Å². The number of rotatable bonds is 6. The second kappa shape index (κ2) is 6.95. The lowest BCUT2D eigenvalue weighted by molar-refractivity contribution is -0.146. The van der Waals surface area contributed by atoms with Crippen molar-refractivity contribution in [2.75, 3.05) is 6.61 Å². The van der Waals surface area contributed by atoms with Crippen LogP contribution in [0.15, 0.2) is 24.3 Å². The molecule has 0 saturated heterocycles. The summed E-state index contributed by atoms with van der Waals surface area (Å²) in [5, 5.41) is 18.3. The zero-order chi connectivity index (χ0) is 15.2. The van der Waals surface area contributed by atoms with E-state index in [9.17, 15) is 9.90 Å². The van der Waals surface area contributed by atoms with Crippen LogP contribution in [0.2, 0.25) is 0 Å². The molecule has 1 aromatic rings. The maximum absolute atomic E-state index is 11.6. The van der Waals surface area contributed by atoms with Gasteiger partial charge in [-0.1, -0.05) is 26.0 Å². The minimum absolute atomic E-state index is 0.171. The van der Waals surface area contributed by atoms with Crippen LogP contribution in [0.4, 0.5) is 0 Å². The second-order valence-corrected chi connectivity index (χ2v) is 5.40. The van der Waals surface area contributed by atoms with Crippen molar-refractivity contribution in [2.24, 2.45) is 5.92 Å². The van der Waals surface area contributed by atoms with Crippen molar-refractivity contribution < 1.29 is 14.6 Å². The van der Waals surface area contributed by atoms with Gasteiger partial charge in [0.15, 0.2) is 0 Å². The fourth-order valence-electron chi connectivity index (χ4n) is 2.04. The first kappa shape index (κ1) is 16.0. The van der Waals surface area contributed by atoms with Gasteiger partial charge in [0.25, 0.3) is 0 Å². The third-order valence-electron chi connectivity index (χ3n) is 3.43. The number of carbonyl (C=O) groups excluding carboxylic acids is 1. The number of esters is 1. The molecule has 0 radical (unpaired) electrons. The van der Waals surface area contributed by atoms with Crippen LogP contribution in [0.1, 0.15) is 39.2 Å². The number of hydrogen-bond donors (Lipinski definition) is 1. The molecule has 1 atom stereocenters. The normalized spacial score (nSPS) is 12.5. The molecule has 0 fully saturated rings. The van der Waals surface area contributed by atoms with Crippen LogP contribution in [0.3, 0.4) is 0 Å². The van der Waals surface area contributed by atoms with E-state index < -0.39 is 11.9 Å². The summed E-state index contributed by atoms with van der Waals surface area (Å²) in [4.78, 5) is 11.6. The quantitative estimate of drug-likeness (QED) is 0.810. The summed E-state index contributed by atoms with van der Waals surface area (Å²) >= 11 is 0. The number of hydrogen-bond acceptors (Lipinski definition) is 4. The molecule has 20 heavy (non-hydrogen) atoms. The molecular weight excluding hydrogens is 254 g/mol. The third kappa shape index (κ3) is 4.27. The third-order valence-corrected chi connectivity index (χ3v) is 3.43. The summed E-state index contributed by atoms with van der Waals surface area (Å²) in [5.74, 6) is -0.936. The molecule has 0 bridgehead atoms. The fourth-order valence-corrected chi connectivity index (χ4v) is 2.04. The molecule has 1 rings (SSSR count). The van der Waals surface area contributed by atoms with E-state index in [2.05, 4.69) is 13.8 Å². The van der Waals surface area contributed by atoms with Crippen molar-refractivity contribution in [2.45, 2.75) is 39.0 Å². The maximum Gasteiger partial charge on any atom is 0.323 e. The van der Waals surface area contributed by atoms with E-state index in [-0.39, 0.29) is 11.2 Å². The van der Waals surface area contributed by atoms with Gasteiger partial charge in [0.1, 0.15) is 11.7 Å². The highest BCUT2D eigenvalue weighted by Crippen LogP contribution is 2.31. The van der Waals surface area contributed by atoms with E-state index >= 15 is 0 Å². The van der Waals surface area contributed by atoms with Gasteiger partial charge in [0.05, 0.1) is 12.7 Å². The van der Waals surface area contributed by atoms with Crippen LogP contribution in [-0.2, 0) is 14.9 Å². The smallest absolute Gasteiger partial charge is 0.323 e. The zero-order valence-electron chi connectivity index (χ0n) is 12.2. The number of phenolic OH excluding ortho intramolecular Hbond substituents is 1. The topological polar surface area (TPSA) is 70.3 Å². The number of carbonyl (C=O) groups is 1. The highest BCUT2D eigenvalue weighted by molar-refractivity contribution is 5.75. The van der Waals surface area contributed by atoms with Crippen molar-refractivity contribution in [1.82, 2.24) is 0 Å². The molecule has 0 heterocycles. The van der Waals surface area contributed by atoms with E-state index in [4.69, 9.17) is 10.00 Å². The van der Waals surface area contributed by atoms with E-state index in [1.807, 2.05) is 18.2 Å². The lowest BCUT2D eigenvalue weighted by atomic mass is 9.79. The number of benzene rings is 1. The summed E-state index contributed by atoms with van der Waals surface area (Å²) in [5.41, 5.74) is 0.894. The minimum Gasteiger partial charge on any atom is -0.508 e. The Hall–Kier alpha value is -2.02. The Labute approximate surface area is 120 Å². The van der Waals surface area contributed by atoms with Crippen molar-refractivity contribution in [1.29, 1.82) is 5.26 Å². The van der Waals surface area contributed by atoms with Crippen LogP contribution < -0.4 is 0 Å². The zero-order valence-corrected chi connectivity index (χ0v) is 12.2. The van der Waals surface area contributed by atoms with Gasteiger partial charge < -0.3 is 9.84 Å². The molecule has 1 aromatic carbocycles. The van der Waals surface area contributed by atoms with Gasteiger partial charge in [-0.15, -0.1) is 0 Å². The SMILES string of the molecule is CCOC(=O)C(C#N)CCC(C)(C)c1ccc(O)cc1. The van der Waals surface area contributed by atoms with Gasteiger partial charge in [0, 0.05) is 0 Å². The molecular formula is C16H21NO3. The lowest BCUT2D eigenvalue weighted by Gasteiger charge is -2.26. The van der Waals surface area contributed by atoms with E-state index in [0.29, 0.717) is 19.4 Å². The predicted octanol–water partition coefficient (Wildman–Crippen LogP) is 3.15. The molecule has 0 spiro atoms. The monoisotopic (exact) mass is 275 g/mol. The highest BCUT2D eigenvalue weighted by Gasteiger charge is 2.26. The molecule has 4 nitrogen and oxygen atoms in total. The Balaban J connectivity index is 2.69. The van der Waals surface area contributed by atoms with Gasteiger partial charge in [-0.25, -0.2) is 0 Å². The predicted molar refractivity (Wildman–Crippen MR) is 76.1 cm³/mol. The number of ether oxygens (including phenoxy) is 1. The Morgan fingerprint density at radius 2 is 2.00 bits per heavy atom. The minimum atomic E-state index is -0.716. The standard InChI is InChI=1S/C16H21NO3/c1-4-20-15(19)12(11-17)9-10-16(2,3)13-5-7-14(18)8-6-13/h5-8,12,18H,4,9-10H2,1-3H3. The van der Waals surface area contributed by atoms with Crippen LogP contribution in [-0.4, -0.2) is 17.7 Å². The van der Waals surface area contributed by atoms with Crippen molar-refractivity contribution in [3.63, 3.8) is 0 Å². The number of nitriles is 1. The largest absolute Gasteiger partial charge is 0.508 e. The first-order valence-electron chi connectivity index (χ1n) is 6.76. The van der Waals surface area contributed by atoms with Crippen LogP contribution in [0, 0.1) is 17.2 Å². The van der Waals surface area contributed by atoms with E-state index in [1.54, 1.807) is 19.1 Å². The van der Waals surface area contributed by atoms with Gasteiger partial charge in [-0.05, 0) is 42.9 Å². The van der Waals surface area contributed by atoms with Crippen LogP contribution in [0.25, 0.3) is 0 Å². The Morgan fingerprint density at radius 3 is 2.50 bits per heavy atom. The first-order valence-corrected chi connectivity index (χ1v) is 6.76. The van der Waals surface area contributed by atoms with Crippen molar-refractivity contribution in [3.8, 4) is 11.8 Å². The van der Waals surface area contributed by atoms with Crippen molar-refractivity contribution >= 4 is 5.97 Å². The van der Waals surface area contributed by atoms with Gasteiger partial charge >= 0.3 is 5.97 Å². The van der Waals surface area contributed by atoms with E-state index in [0.717, 1.165) is 5.56 Å². The molecule has 0 aliphatic heterocycles. The molecule has 0 aromatic heterocycles. The number of phenols is 1. The first-order chi connectivity index (χ1) is 9.40. The van der Waals surface area contributed by atoms with Crippen LogP contribution >= 0.6 is 0 Å². The second-order valence-electron chi connectivity index (χ2n) is 5.40. The molecule has 0 amide bonds. The molecule has 0 saturated carbocycles. The molecule has 0 aliphatic carbocycles. The number of aromatic hydroxyl groups is 1. The highest BCUT2D eigenvalue weighted by atomic mass is 16.5. The molecule has 4 heteroatoms. The molecule has 108 valence electrons. The molecule has 1 unspecified atom stereocenters. The summed E-state index contributed by atoms with van der Waals surface area (Å²) in [6.07, 6.45) is 1.15. The molecule has 1 N–H and O–H groups in total. The maximum atomic E-state index is 11.6. The average molecular weight is 275 g/mol. The van der Waals surface area contributed by atoms with Gasteiger partial charge in [-0.3, -0.25) is 4.79 Å². The Bertz CT molecular complexity index is 485. The average Bonchev–Trinajstić information content (AvgIpc) is 2.40.